The summed E-state index contributed by atoms with van der Waals surface area (Å²) in [5.41, 5.74) is 1.50. The number of urea groups is 1. The van der Waals surface area contributed by atoms with Crippen molar-refractivity contribution >= 4 is 29.2 Å². The van der Waals surface area contributed by atoms with Crippen molar-refractivity contribution in [1.82, 2.24) is 20.4 Å². The number of fused-ring (bicyclic) bond motifs is 2. The van der Waals surface area contributed by atoms with Crippen molar-refractivity contribution < 1.29 is 23.6 Å². The fraction of sp³-hybridized carbons (Fsp3) is 0.286. The number of aryl methyl sites for hydroxylation is 1. The summed E-state index contributed by atoms with van der Waals surface area (Å²) in [6.45, 7) is -0.700. The molecule has 1 atom stereocenters. The van der Waals surface area contributed by atoms with E-state index in [2.05, 4.69) is 15.5 Å². The molecule has 1 N–H and O–H groups in total. The van der Waals surface area contributed by atoms with Gasteiger partial charge in [0.25, 0.3) is 11.8 Å². The SMILES string of the molecule is O=C(CN1C(=O)NC2(CCCc3ccccc32)C1=O)OCc1noc(-c2ccsc2)n1. The van der Waals surface area contributed by atoms with E-state index in [0.717, 1.165) is 34.4 Å². The Balaban J connectivity index is 1.25. The molecule has 0 saturated carbocycles. The Morgan fingerprint density at radius 2 is 2.16 bits per heavy atom. The number of esters is 1. The van der Waals surface area contributed by atoms with Gasteiger partial charge < -0.3 is 14.6 Å². The summed E-state index contributed by atoms with van der Waals surface area (Å²) < 4.78 is 10.3. The van der Waals surface area contributed by atoms with Crippen molar-refractivity contribution in [1.29, 1.82) is 0 Å². The molecule has 3 amide bonds. The van der Waals surface area contributed by atoms with Gasteiger partial charge in [-0.05, 0) is 41.8 Å². The molecule has 1 aromatic carbocycles. The Hall–Kier alpha value is -3.53. The molecule has 1 fully saturated rings. The zero-order chi connectivity index (χ0) is 21.4. The number of aromatic nitrogens is 2. The second kappa shape index (κ2) is 7.62. The summed E-state index contributed by atoms with van der Waals surface area (Å²) in [6.07, 6.45) is 2.11. The second-order valence-corrected chi connectivity index (χ2v) is 8.21. The van der Waals surface area contributed by atoms with Gasteiger partial charge in [-0.25, -0.2) is 4.79 Å². The van der Waals surface area contributed by atoms with Gasteiger partial charge in [0, 0.05) is 5.38 Å². The molecule has 9 nitrogen and oxygen atoms in total. The molecule has 0 bridgehead atoms. The molecule has 5 rings (SSSR count). The van der Waals surface area contributed by atoms with Crippen LogP contribution in [0, 0.1) is 0 Å². The average molecular weight is 438 g/mol. The molecule has 1 unspecified atom stereocenters. The van der Waals surface area contributed by atoms with E-state index in [1.54, 1.807) is 0 Å². The largest absolute Gasteiger partial charge is 0.456 e. The molecule has 1 spiro atoms. The molecule has 0 radical (unpaired) electrons. The van der Waals surface area contributed by atoms with Gasteiger partial charge in [0.05, 0.1) is 5.56 Å². The topological polar surface area (TPSA) is 115 Å². The lowest BCUT2D eigenvalue weighted by Crippen LogP contribution is -2.46. The third-order valence-corrected chi connectivity index (χ3v) is 6.22. The van der Waals surface area contributed by atoms with Crippen LogP contribution in [0.3, 0.4) is 0 Å². The van der Waals surface area contributed by atoms with Crippen LogP contribution in [-0.4, -0.2) is 39.5 Å². The number of hydrogen-bond donors (Lipinski definition) is 1. The first-order valence-electron chi connectivity index (χ1n) is 9.80. The highest BCUT2D eigenvalue weighted by molar-refractivity contribution is 7.08. The highest BCUT2D eigenvalue weighted by Gasteiger charge is 2.54. The van der Waals surface area contributed by atoms with Crippen LogP contribution in [0.25, 0.3) is 11.5 Å². The lowest BCUT2D eigenvalue weighted by Gasteiger charge is -2.33. The van der Waals surface area contributed by atoms with E-state index in [1.807, 2.05) is 41.1 Å². The number of carbonyl (C=O) groups is 3. The molecule has 158 valence electrons. The van der Waals surface area contributed by atoms with Crippen LogP contribution < -0.4 is 5.32 Å². The van der Waals surface area contributed by atoms with Gasteiger partial charge in [-0.3, -0.25) is 14.5 Å². The number of ether oxygens (including phenoxy) is 1. The molecule has 10 heteroatoms. The molecular formula is C21H18N4O5S. The van der Waals surface area contributed by atoms with E-state index >= 15 is 0 Å². The van der Waals surface area contributed by atoms with Gasteiger partial charge >= 0.3 is 12.0 Å². The molecule has 1 aliphatic carbocycles. The zero-order valence-corrected chi connectivity index (χ0v) is 17.2. The number of benzene rings is 1. The summed E-state index contributed by atoms with van der Waals surface area (Å²) in [5.74, 6) is -0.629. The van der Waals surface area contributed by atoms with Crippen molar-refractivity contribution in [3.8, 4) is 11.5 Å². The number of thiophene rings is 1. The van der Waals surface area contributed by atoms with Crippen LogP contribution in [0.5, 0.6) is 0 Å². The number of carbonyl (C=O) groups excluding carboxylic acids is 3. The van der Waals surface area contributed by atoms with E-state index in [-0.39, 0.29) is 12.4 Å². The van der Waals surface area contributed by atoms with E-state index in [1.165, 1.54) is 11.3 Å². The van der Waals surface area contributed by atoms with Crippen LogP contribution in [0.1, 0.15) is 29.8 Å². The molecule has 2 aliphatic rings. The third kappa shape index (κ3) is 3.38. The van der Waals surface area contributed by atoms with Gasteiger partial charge in [-0.2, -0.15) is 16.3 Å². The van der Waals surface area contributed by atoms with Crippen molar-refractivity contribution in [2.24, 2.45) is 0 Å². The lowest BCUT2D eigenvalue weighted by molar-refractivity contribution is -0.149. The van der Waals surface area contributed by atoms with Crippen LogP contribution >= 0.6 is 11.3 Å². The monoisotopic (exact) mass is 438 g/mol. The minimum atomic E-state index is -1.12. The molecular weight excluding hydrogens is 420 g/mol. The van der Waals surface area contributed by atoms with Crippen LogP contribution in [0.4, 0.5) is 4.79 Å². The van der Waals surface area contributed by atoms with Crippen molar-refractivity contribution in [3.63, 3.8) is 0 Å². The Labute approximate surface area is 181 Å². The molecule has 1 aliphatic heterocycles. The Morgan fingerprint density at radius 3 is 3.00 bits per heavy atom. The predicted octanol–water partition coefficient (Wildman–Crippen LogP) is 2.62. The molecule has 3 heterocycles. The summed E-state index contributed by atoms with van der Waals surface area (Å²) in [7, 11) is 0. The average Bonchev–Trinajstić information content (AvgIpc) is 3.51. The fourth-order valence-corrected chi connectivity index (χ4v) is 4.72. The summed E-state index contributed by atoms with van der Waals surface area (Å²) >= 11 is 1.50. The van der Waals surface area contributed by atoms with Crippen molar-refractivity contribution in [2.45, 2.75) is 31.4 Å². The Bertz CT molecular complexity index is 1160. The normalized spacial score (nSPS) is 20.1. The first-order chi connectivity index (χ1) is 15.1. The number of nitrogens with one attached hydrogen (secondary N) is 1. The third-order valence-electron chi connectivity index (χ3n) is 5.54. The minimum Gasteiger partial charge on any atom is -0.456 e. The van der Waals surface area contributed by atoms with Gasteiger partial charge in [-0.1, -0.05) is 29.4 Å². The molecule has 3 aromatic rings. The number of amides is 3. The van der Waals surface area contributed by atoms with Crippen LogP contribution in [0.15, 0.2) is 45.6 Å². The zero-order valence-electron chi connectivity index (χ0n) is 16.4. The maximum atomic E-state index is 13.2. The summed E-state index contributed by atoms with van der Waals surface area (Å²) in [6, 6.07) is 8.81. The lowest BCUT2D eigenvalue weighted by atomic mass is 9.76. The second-order valence-electron chi connectivity index (χ2n) is 7.43. The number of rotatable bonds is 5. The van der Waals surface area contributed by atoms with Crippen molar-refractivity contribution in [2.75, 3.05) is 6.54 Å². The first-order valence-corrected chi connectivity index (χ1v) is 10.7. The fourth-order valence-electron chi connectivity index (χ4n) is 4.09. The number of imide groups is 1. The van der Waals surface area contributed by atoms with Crippen LogP contribution in [0.2, 0.25) is 0 Å². The maximum absolute atomic E-state index is 13.2. The first kappa shape index (κ1) is 19.4. The summed E-state index contributed by atoms with van der Waals surface area (Å²) in [5, 5.41) is 10.3. The number of hydrogen-bond acceptors (Lipinski definition) is 8. The van der Waals surface area contributed by atoms with Crippen LogP contribution in [-0.2, 0) is 32.9 Å². The number of nitrogens with zero attached hydrogens (tertiary/aromatic N) is 3. The van der Waals surface area contributed by atoms with Gasteiger partial charge in [-0.15, -0.1) is 0 Å². The summed E-state index contributed by atoms with van der Waals surface area (Å²) in [4.78, 5) is 43.2. The maximum Gasteiger partial charge on any atom is 0.326 e. The van der Waals surface area contributed by atoms with Gasteiger partial charge in [0.1, 0.15) is 12.1 Å². The Morgan fingerprint density at radius 1 is 1.29 bits per heavy atom. The van der Waals surface area contributed by atoms with E-state index in [9.17, 15) is 14.4 Å². The van der Waals surface area contributed by atoms with Gasteiger partial charge in [0.2, 0.25) is 5.82 Å². The smallest absolute Gasteiger partial charge is 0.326 e. The van der Waals surface area contributed by atoms with Gasteiger partial charge in [0.15, 0.2) is 6.61 Å². The standard InChI is InChI=1S/C21H18N4O5S/c26-17(29-11-16-22-18(30-24-16)14-7-9-31-12-14)10-25-19(27)21(23-20(25)28)8-3-5-13-4-1-2-6-15(13)21/h1-2,4,6-7,9,12H,3,5,8,10-11H2,(H,23,28). The van der Waals surface area contributed by atoms with E-state index in [4.69, 9.17) is 9.26 Å². The predicted molar refractivity (Wildman–Crippen MR) is 109 cm³/mol. The minimum absolute atomic E-state index is 0.199. The van der Waals surface area contributed by atoms with Crippen molar-refractivity contribution in [3.05, 3.63) is 58.0 Å². The quantitative estimate of drug-likeness (QED) is 0.481. The highest BCUT2D eigenvalue weighted by atomic mass is 32.1. The molecule has 31 heavy (non-hydrogen) atoms. The van der Waals surface area contributed by atoms with E-state index in [0.29, 0.717) is 12.3 Å². The molecule has 1 saturated heterocycles. The highest BCUT2D eigenvalue weighted by Crippen LogP contribution is 2.39. The van der Waals surface area contributed by atoms with E-state index < -0.39 is 30.0 Å². The molecule has 2 aromatic heterocycles. The Kier molecular flexibility index (Phi) is 4.78.